The number of hydrogen-bond acceptors (Lipinski definition) is 3. The molecule has 0 bridgehead atoms. The quantitative estimate of drug-likeness (QED) is 0.790. The lowest BCUT2D eigenvalue weighted by Gasteiger charge is -2.12. The van der Waals surface area contributed by atoms with Crippen molar-refractivity contribution >= 4 is 5.78 Å². The Kier molecular flexibility index (Phi) is 2.95. The number of carbonyl (C=O) groups is 1. The average Bonchev–Trinajstić information content (AvgIpc) is 2.97. The van der Waals surface area contributed by atoms with E-state index in [-0.39, 0.29) is 17.6 Å². The smallest absolute Gasteiger partial charge is 0.153 e. The summed E-state index contributed by atoms with van der Waals surface area (Å²) in [5, 5.41) is 0. The predicted octanol–water partition coefficient (Wildman–Crippen LogP) is 3.35. The molecule has 2 aromatic rings. The van der Waals surface area contributed by atoms with Crippen LogP contribution in [0.2, 0.25) is 0 Å². The van der Waals surface area contributed by atoms with Gasteiger partial charge in [-0.05, 0) is 38.1 Å². The second-order valence-corrected chi connectivity index (χ2v) is 3.88. The van der Waals surface area contributed by atoms with Crippen LogP contribution in [-0.2, 0) is 4.79 Å². The Bertz CT molecular complexity index is 397. The van der Waals surface area contributed by atoms with Gasteiger partial charge in [-0.25, -0.2) is 0 Å². The Labute approximate surface area is 94.1 Å². The van der Waals surface area contributed by atoms with E-state index in [1.807, 2.05) is 26.0 Å². The Hall–Kier alpha value is -1.77. The summed E-state index contributed by atoms with van der Waals surface area (Å²) < 4.78 is 10.5. The molecule has 2 atom stereocenters. The zero-order valence-corrected chi connectivity index (χ0v) is 9.34. The highest BCUT2D eigenvalue weighted by atomic mass is 16.3. The minimum absolute atomic E-state index is 0.102. The van der Waals surface area contributed by atoms with Gasteiger partial charge in [-0.1, -0.05) is 0 Å². The van der Waals surface area contributed by atoms with Gasteiger partial charge in [0, 0.05) is 0 Å². The first-order valence-electron chi connectivity index (χ1n) is 5.30. The standard InChI is InChI=1S/C13H14O3/c1-9(11-5-3-7-15-11)13(14)10(2)12-6-4-8-16-12/h3-10H,1-2H3. The molecule has 0 aliphatic rings. The molecule has 0 radical (unpaired) electrons. The number of furan rings is 2. The van der Waals surface area contributed by atoms with Crippen molar-refractivity contribution in [1.82, 2.24) is 0 Å². The van der Waals surface area contributed by atoms with Crippen LogP contribution in [0.25, 0.3) is 0 Å². The molecule has 2 unspecified atom stereocenters. The SMILES string of the molecule is CC(C(=O)C(C)c1ccco1)c1ccco1. The van der Waals surface area contributed by atoms with E-state index >= 15 is 0 Å². The molecule has 0 aliphatic heterocycles. The maximum absolute atomic E-state index is 12.1. The number of rotatable bonds is 4. The van der Waals surface area contributed by atoms with E-state index < -0.39 is 0 Å². The summed E-state index contributed by atoms with van der Waals surface area (Å²) in [7, 11) is 0. The first-order valence-corrected chi connectivity index (χ1v) is 5.30. The fourth-order valence-electron chi connectivity index (χ4n) is 1.73. The van der Waals surface area contributed by atoms with E-state index in [1.165, 1.54) is 0 Å². The van der Waals surface area contributed by atoms with E-state index in [2.05, 4.69) is 0 Å². The van der Waals surface area contributed by atoms with Crippen molar-refractivity contribution in [2.24, 2.45) is 0 Å². The third-order valence-corrected chi connectivity index (χ3v) is 2.79. The number of ketones is 1. The third kappa shape index (κ3) is 1.94. The van der Waals surface area contributed by atoms with Crippen LogP contribution in [0.1, 0.15) is 37.2 Å². The van der Waals surface area contributed by atoms with Gasteiger partial charge >= 0.3 is 0 Å². The van der Waals surface area contributed by atoms with Crippen LogP contribution in [0.4, 0.5) is 0 Å². The van der Waals surface area contributed by atoms with Crippen molar-refractivity contribution in [3.8, 4) is 0 Å². The van der Waals surface area contributed by atoms with Crippen LogP contribution < -0.4 is 0 Å². The monoisotopic (exact) mass is 218 g/mol. The maximum atomic E-state index is 12.1. The van der Waals surface area contributed by atoms with Crippen LogP contribution in [0.15, 0.2) is 45.6 Å². The molecule has 3 heteroatoms. The number of carbonyl (C=O) groups excluding carboxylic acids is 1. The largest absolute Gasteiger partial charge is 0.469 e. The highest BCUT2D eigenvalue weighted by molar-refractivity contribution is 5.90. The highest BCUT2D eigenvalue weighted by Crippen LogP contribution is 2.26. The van der Waals surface area contributed by atoms with Gasteiger partial charge in [-0.15, -0.1) is 0 Å². The van der Waals surface area contributed by atoms with Crippen molar-refractivity contribution in [2.45, 2.75) is 25.7 Å². The molecule has 16 heavy (non-hydrogen) atoms. The van der Waals surface area contributed by atoms with Crippen LogP contribution in [0, 0.1) is 0 Å². The maximum Gasteiger partial charge on any atom is 0.153 e. The fourth-order valence-corrected chi connectivity index (χ4v) is 1.73. The molecular formula is C13H14O3. The van der Waals surface area contributed by atoms with Crippen molar-refractivity contribution in [3.63, 3.8) is 0 Å². The normalized spacial score (nSPS) is 14.6. The summed E-state index contributed by atoms with van der Waals surface area (Å²) in [4.78, 5) is 12.1. The predicted molar refractivity (Wildman–Crippen MR) is 59.3 cm³/mol. The molecule has 0 fully saturated rings. The fraction of sp³-hybridized carbons (Fsp3) is 0.308. The molecule has 2 rings (SSSR count). The van der Waals surface area contributed by atoms with Crippen LogP contribution in [0.3, 0.4) is 0 Å². The van der Waals surface area contributed by atoms with E-state index in [4.69, 9.17) is 8.83 Å². The molecule has 0 saturated carbocycles. The van der Waals surface area contributed by atoms with E-state index in [0.717, 1.165) is 0 Å². The highest BCUT2D eigenvalue weighted by Gasteiger charge is 2.25. The summed E-state index contributed by atoms with van der Waals surface area (Å²) in [6, 6.07) is 7.21. The second-order valence-electron chi connectivity index (χ2n) is 3.88. The second kappa shape index (κ2) is 4.39. The molecule has 2 heterocycles. The van der Waals surface area contributed by atoms with Gasteiger partial charge in [0.1, 0.15) is 11.5 Å². The summed E-state index contributed by atoms with van der Waals surface area (Å²) in [6.07, 6.45) is 3.16. The van der Waals surface area contributed by atoms with Gasteiger partial charge < -0.3 is 8.83 Å². The number of Topliss-reactive ketones (excluding diaryl/α,β-unsaturated/α-hetero) is 1. The van der Waals surface area contributed by atoms with Gasteiger partial charge in [0.15, 0.2) is 5.78 Å². The molecule has 3 nitrogen and oxygen atoms in total. The van der Waals surface area contributed by atoms with Crippen molar-refractivity contribution in [1.29, 1.82) is 0 Å². The summed E-state index contributed by atoms with van der Waals surface area (Å²) >= 11 is 0. The van der Waals surface area contributed by atoms with Crippen LogP contribution in [0.5, 0.6) is 0 Å². The zero-order valence-electron chi connectivity index (χ0n) is 9.34. The molecule has 0 N–H and O–H groups in total. The van der Waals surface area contributed by atoms with Crippen molar-refractivity contribution in [3.05, 3.63) is 48.3 Å². The summed E-state index contributed by atoms with van der Waals surface area (Å²) in [5.74, 6) is 1.02. The molecule has 2 aromatic heterocycles. The van der Waals surface area contributed by atoms with E-state index in [9.17, 15) is 4.79 Å². The minimum Gasteiger partial charge on any atom is -0.469 e. The molecule has 0 spiro atoms. The lowest BCUT2D eigenvalue weighted by Crippen LogP contribution is -2.15. The Balaban J connectivity index is 2.14. The summed E-state index contributed by atoms with van der Waals surface area (Å²) in [6.45, 7) is 3.70. The van der Waals surface area contributed by atoms with Gasteiger partial charge in [0.2, 0.25) is 0 Å². The summed E-state index contributed by atoms with van der Waals surface area (Å²) in [5.41, 5.74) is 0. The third-order valence-electron chi connectivity index (χ3n) is 2.79. The van der Waals surface area contributed by atoms with Gasteiger partial charge in [0.05, 0.1) is 24.4 Å². The first kappa shape index (κ1) is 10.7. The zero-order chi connectivity index (χ0) is 11.5. The minimum atomic E-state index is -0.241. The molecule has 0 aromatic carbocycles. The first-order chi connectivity index (χ1) is 7.70. The molecular weight excluding hydrogens is 204 g/mol. The average molecular weight is 218 g/mol. The molecule has 0 aliphatic carbocycles. The Morgan fingerprint density at radius 2 is 1.44 bits per heavy atom. The van der Waals surface area contributed by atoms with Crippen molar-refractivity contribution < 1.29 is 13.6 Å². The van der Waals surface area contributed by atoms with Crippen LogP contribution in [-0.4, -0.2) is 5.78 Å². The van der Waals surface area contributed by atoms with E-state index in [1.54, 1.807) is 24.7 Å². The topological polar surface area (TPSA) is 43.4 Å². The van der Waals surface area contributed by atoms with Gasteiger partial charge in [0.25, 0.3) is 0 Å². The van der Waals surface area contributed by atoms with Gasteiger partial charge in [-0.2, -0.15) is 0 Å². The Morgan fingerprint density at radius 3 is 1.75 bits per heavy atom. The van der Waals surface area contributed by atoms with Crippen LogP contribution >= 0.6 is 0 Å². The molecule has 0 saturated heterocycles. The molecule has 84 valence electrons. The Morgan fingerprint density at radius 1 is 1.00 bits per heavy atom. The lowest BCUT2D eigenvalue weighted by molar-refractivity contribution is -0.121. The van der Waals surface area contributed by atoms with Gasteiger partial charge in [-0.3, -0.25) is 4.79 Å². The molecule has 0 amide bonds. The lowest BCUT2D eigenvalue weighted by atomic mass is 9.92. The van der Waals surface area contributed by atoms with Crippen molar-refractivity contribution in [2.75, 3.05) is 0 Å². The van der Waals surface area contributed by atoms with E-state index in [0.29, 0.717) is 11.5 Å². The number of hydrogen-bond donors (Lipinski definition) is 0.